The molecule has 6 nitrogen and oxygen atoms in total. The summed E-state index contributed by atoms with van der Waals surface area (Å²) in [4.78, 5) is 4.41. The largest absolute Gasteiger partial charge is 0.378 e. The molecule has 1 saturated carbocycles. The van der Waals surface area contributed by atoms with Crippen LogP contribution in [0.1, 0.15) is 63.5 Å². The van der Waals surface area contributed by atoms with Crippen molar-refractivity contribution in [3.05, 3.63) is 17.0 Å². The number of aromatic nitrogens is 1. The zero-order valence-electron chi connectivity index (χ0n) is 17.3. The Kier molecular flexibility index (Phi) is 7.50. The lowest BCUT2D eigenvalue weighted by molar-refractivity contribution is -0.133. The second kappa shape index (κ2) is 9.40. The van der Waals surface area contributed by atoms with Gasteiger partial charge in [-0.2, -0.15) is 0 Å². The molecule has 1 aromatic heterocycles. The Morgan fingerprint density at radius 1 is 1.31 bits per heavy atom. The van der Waals surface area contributed by atoms with Gasteiger partial charge in [-0.25, -0.2) is 0 Å². The third kappa shape index (κ3) is 4.22. The molecule has 2 unspecified atom stereocenters. The molecule has 0 amide bonds. The minimum Gasteiger partial charge on any atom is -0.378 e. The molecule has 1 heterocycles. The Balaban J connectivity index is 1.82. The number of nitrogens with zero attached hydrogens (tertiary/aromatic N) is 2. The molecule has 1 aliphatic carbocycles. The predicted octanol–water partition coefficient (Wildman–Crippen LogP) is 3.37. The Labute approximate surface area is 158 Å². The van der Waals surface area contributed by atoms with E-state index < -0.39 is 0 Å². The number of hydrogen-bond acceptors (Lipinski definition) is 4. The summed E-state index contributed by atoms with van der Waals surface area (Å²) in [6.45, 7) is 12.2. The zero-order valence-corrected chi connectivity index (χ0v) is 17.3. The maximum absolute atomic E-state index is 5.97. The lowest BCUT2D eigenvalue weighted by Crippen LogP contribution is -2.65. The van der Waals surface area contributed by atoms with Crippen LogP contribution in [0.3, 0.4) is 0 Å². The van der Waals surface area contributed by atoms with E-state index in [0.717, 1.165) is 62.7 Å². The van der Waals surface area contributed by atoms with E-state index in [1.54, 1.807) is 0 Å². The van der Waals surface area contributed by atoms with E-state index in [0.29, 0.717) is 12.1 Å². The first-order valence-corrected chi connectivity index (χ1v) is 10.0. The first kappa shape index (κ1) is 20.7. The molecule has 0 spiro atoms. The van der Waals surface area contributed by atoms with Crippen LogP contribution in [0.2, 0.25) is 0 Å². The van der Waals surface area contributed by atoms with E-state index in [2.05, 4.69) is 41.6 Å². The molecule has 1 aliphatic rings. The fourth-order valence-corrected chi connectivity index (χ4v) is 4.27. The van der Waals surface area contributed by atoms with Crippen molar-refractivity contribution in [1.29, 1.82) is 0 Å². The van der Waals surface area contributed by atoms with E-state index in [-0.39, 0.29) is 5.41 Å². The molecule has 0 aliphatic heterocycles. The van der Waals surface area contributed by atoms with Crippen LogP contribution >= 0.6 is 0 Å². The fraction of sp³-hybridized carbons (Fsp3) is 0.800. The molecule has 0 bridgehead atoms. The van der Waals surface area contributed by atoms with Gasteiger partial charge < -0.3 is 19.9 Å². The molecule has 0 aromatic carbocycles. The normalized spacial score (nSPS) is 22.2. The first-order chi connectivity index (χ1) is 12.5. The molecule has 0 saturated heterocycles. The maximum Gasteiger partial charge on any atom is 0.191 e. The molecule has 1 aromatic rings. The Morgan fingerprint density at radius 3 is 2.58 bits per heavy atom. The van der Waals surface area contributed by atoms with E-state index in [9.17, 15) is 0 Å². The Bertz CT molecular complexity index is 573. The van der Waals surface area contributed by atoms with Gasteiger partial charge in [0.1, 0.15) is 5.76 Å². The molecule has 2 N–H and O–H groups in total. The maximum atomic E-state index is 5.97. The van der Waals surface area contributed by atoms with E-state index in [1.165, 1.54) is 5.56 Å². The van der Waals surface area contributed by atoms with Gasteiger partial charge in [-0.3, -0.25) is 4.99 Å². The number of aryl methyl sites for hydroxylation is 2. The van der Waals surface area contributed by atoms with Crippen LogP contribution < -0.4 is 10.6 Å². The third-order valence-electron chi connectivity index (χ3n) is 6.08. The average Bonchev–Trinajstić information content (AvgIpc) is 2.95. The van der Waals surface area contributed by atoms with Gasteiger partial charge in [0.25, 0.3) is 0 Å². The molecular formula is C20H36N4O2. The van der Waals surface area contributed by atoms with Crippen LogP contribution in [0, 0.1) is 19.3 Å². The minimum atomic E-state index is 0.213. The van der Waals surface area contributed by atoms with Crippen molar-refractivity contribution >= 4 is 5.96 Å². The number of rotatable bonds is 9. The van der Waals surface area contributed by atoms with Gasteiger partial charge in [0, 0.05) is 37.2 Å². The van der Waals surface area contributed by atoms with E-state index in [4.69, 9.17) is 9.26 Å². The molecule has 0 radical (unpaired) electrons. The molecule has 1 fully saturated rings. The highest BCUT2D eigenvalue weighted by Gasteiger charge is 2.53. The Hall–Kier alpha value is -1.56. The van der Waals surface area contributed by atoms with Crippen LogP contribution in [0.5, 0.6) is 0 Å². The van der Waals surface area contributed by atoms with Crippen molar-refractivity contribution < 1.29 is 9.26 Å². The molecule has 148 valence electrons. The van der Waals surface area contributed by atoms with E-state index >= 15 is 0 Å². The lowest BCUT2D eigenvalue weighted by atomic mass is 9.58. The van der Waals surface area contributed by atoms with Gasteiger partial charge in [0.2, 0.25) is 0 Å². The van der Waals surface area contributed by atoms with Crippen molar-refractivity contribution in [2.45, 2.75) is 78.9 Å². The molecule has 2 rings (SSSR count). The SMILES string of the molecule is CCOC1CC(NC(=NC)NCCCc2c(C)noc2C)C1(CC)CC. The van der Waals surface area contributed by atoms with Crippen LogP contribution in [0.25, 0.3) is 0 Å². The number of nitrogens with one attached hydrogen (secondary N) is 2. The topological polar surface area (TPSA) is 71.7 Å². The summed E-state index contributed by atoms with van der Waals surface area (Å²) in [5.41, 5.74) is 2.44. The summed E-state index contributed by atoms with van der Waals surface area (Å²) in [5, 5.41) is 11.1. The third-order valence-corrected chi connectivity index (χ3v) is 6.08. The van der Waals surface area contributed by atoms with E-state index in [1.807, 2.05) is 20.9 Å². The van der Waals surface area contributed by atoms with Gasteiger partial charge in [0.15, 0.2) is 5.96 Å². The van der Waals surface area contributed by atoms with Crippen LogP contribution in [0.4, 0.5) is 0 Å². The van der Waals surface area contributed by atoms with Gasteiger partial charge >= 0.3 is 0 Å². The van der Waals surface area contributed by atoms with Gasteiger partial charge in [0.05, 0.1) is 11.8 Å². The van der Waals surface area contributed by atoms with Crippen molar-refractivity contribution in [3.63, 3.8) is 0 Å². The van der Waals surface area contributed by atoms with Gasteiger partial charge in [-0.1, -0.05) is 19.0 Å². The monoisotopic (exact) mass is 364 g/mol. The standard InChI is InChI=1S/C20H36N4O2/c1-7-20(8-2)17(13-18(20)25-9-3)23-19(21-6)22-12-10-11-16-14(4)24-26-15(16)5/h17-18H,7-13H2,1-6H3,(H2,21,22,23). The highest BCUT2D eigenvalue weighted by atomic mass is 16.5. The Morgan fingerprint density at radius 2 is 2.04 bits per heavy atom. The number of hydrogen-bond donors (Lipinski definition) is 2. The average molecular weight is 365 g/mol. The van der Waals surface area contributed by atoms with Crippen LogP contribution in [-0.4, -0.2) is 43.5 Å². The molecule has 6 heteroatoms. The summed E-state index contributed by atoms with van der Waals surface area (Å²) < 4.78 is 11.2. The van der Waals surface area contributed by atoms with Crippen LogP contribution in [0.15, 0.2) is 9.52 Å². The molecular weight excluding hydrogens is 328 g/mol. The van der Waals surface area contributed by atoms with Crippen molar-refractivity contribution in [2.75, 3.05) is 20.2 Å². The van der Waals surface area contributed by atoms with Crippen LogP contribution in [-0.2, 0) is 11.2 Å². The summed E-state index contributed by atoms with van der Waals surface area (Å²) in [6, 6.07) is 0.419. The van der Waals surface area contributed by atoms with Crippen molar-refractivity contribution in [1.82, 2.24) is 15.8 Å². The second-order valence-electron chi connectivity index (χ2n) is 7.22. The second-order valence-corrected chi connectivity index (χ2v) is 7.22. The van der Waals surface area contributed by atoms with Gasteiger partial charge in [-0.15, -0.1) is 0 Å². The number of ether oxygens (including phenoxy) is 1. The van der Waals surface area contributed by atoms with Gasteiger partial charge in [-0.05, 0) is 52.9 Å². The summed E-state index contributed by atoms with van der Waals surface area (Å²) in [7, 11) is 1.84. The fourth-order valence-electron chi connectivity index (χ4n) is 4.27. The zero-order chi connectivity index (χ0) is 19.2. The first-order valence-electron chi connectivity index (χ1n) is 10.0. The minimum absolute atomic E-state index is 0.213. The highest BCUT2D eigenvalue weighted by molar-refractivity contribution is 5.80. The summed E-state index contributed by atoms with van der Waals surface area (Å²) in [6.07, 6.45) is 5.63. The molecule has 2 atom stereocenters. The number of aliphatic imine (C=N–C) groups is 1. The quantitative estimate of drug-likeness (QED) is 0.399. The number of guanidine groups is 1. The summed E-state index contributed by atoms with van der Waals surface area (Å²) in [5.74, 6) is 1.81. The lowest BCUT2D eigenvalue weighted by Gasteiger charge is -2.55. The van der Waals surface area contributed by atoms with Crippen molar-refractivity contribution in [3.8, 4) is 0 Å². The smallest absolute Gasteiger partial charge is 0.191 e. The van der Waals surface area contributed by atoms with Crippen molar-refractivity contribution in [2.24, 2.45) is 10.4 Å². The predicted molar refractivity (Wildman–Crippen MR) is 106 cm³/mol. The molecule has 26 heavy (non-hydrogen) atoms. The highest BCUT2D eigenvalue weighted by Crippen LogP contribution is 2.48. The summed E-state index contributed by atoms with van der Waals surface area (Å²) >= 11 is 0.